The fraction of sp³-hybridized carbons (Fsp3) is 0.545. The topological polar surface area (TPSA) is 92.3 Å². The van der Waals surface area contributed by atoms with Crippen LogP contribution in [0.4, 0.5) is 5.69 Å². The number of rotatable bonds is 12. The van der Waals surface area contributed by atoms with Gasteiger partial charge in [-0.25, -0.2) is 0 Å². The molecule has 0 bridgehead atoms. The number of nitrogens with one attached hydrogen (secondary N) is 2. The first-order chi connectivity index (χ1) is 13.2. The minimum atomic E-state index is -0.159. The van der Waals surface area contributed by atoms with Crippen molar-refractivity contribution in [3.05, 3.63) is 29.8 Å². The van der Waals surface area contributed by atoms with Gasteiger partial charge < -0.3 is 10.6 Å². The fourth-order valence-corrected chi connectivity index (χ4v) is 2.56. The summed E-state index contributed by atoms with van der Waals surface area (Å²) in [7, 11) is 0. The zero-order chi connectivity index (χ0) is 21.1. The molecule has 2 unspecified atom stereocenters. The van der Waals surface area contributed by atoms with Crippen LogP contribution in [0.2, 0.25) is 0 Å². The second kappa shape index (κ2) is 12.1. The molecule has 0 fully saturated rings. The number of carbonyl (C=O) groups excluding carboxylic acids is 4. The Morgan fingerprint density at radius 1 is 0.857 bits per heavy atom. The first-order valence-electron chi connectivity index (χ1n) is 9.89. The average Bonchev–Trinajstić information content (AvgIpc) is 2.65. The van der Waals surface area contributed by atoms with Crippen molar-refractivity contribution in [2.45, 2.75) is 59.8 Å². The molecule has 0 saturated heterocycles. The maximum absolute atomic E-state index is 12.1. The molecule has 0 aliphatic carbocycles. The first kappa shape index (κ1) is 23.5. The lowest BCUT2D eigenvalue weighted by Gasteiger charge is -2.10. The number of hydrogen-bond donors (Lipinski definition) is 2. The lowest BCUT2D eigenvalue weighted by molar-refractivity contribution is -0.121. The summed E-state index contributed by atoms with van der Waals surface area (Å²) in [6.07, 6.45) is 3.37. The highest BCUT2D eigenvalue weighted by Gasteiger charge is 2.11. The van der Waals surface area contributed by atoms with E-state index in [0.29, 0.717) is 24.2 Å². The average molecular weight is 389 g/mol. The highest BCUT2D eigenvalue weighted by Crippen LogP contribution is 2.13. The smallest absolute Gasteiger partial charge is 0.251 e. The molecule has 1 aromatic carbocycles. The molecule has 0 aromatic heterocycles. The van der Waals surface area contributed by atoms with E-state index in [9.17, 15) is 19.2 Å². The largest absolute Gasteiger partial charge is 0.352 e. The Labute approximate surface area is 167 Å². The van der Waals surface area contributed by atoms with E-state index >= 15 is 0 Å². The molecule has 0 aliphatic heterocycles. The number of carbonyl (C=O) groups is 4. The van der Waals surface area contributed by atoms with E-state index in [-0.39, 0.29) is 41.6 Å². The molecule has 2 atom stereocenters. The van der Waals surface area contributed by atoms with Crippen LogP contribution < -0.4 is 10.6 Å². The standard InChI is InChI=1S/C22H32N2O4/c1-15(17(3)25)7-5-6-14-23-22(28)19-9-11-20(12-10-19)24-21(27)13-8-16(2)18(4)26/h9-12,15-16H,5-8,13-14H2,1-4H3,(H,23,28)(H,24,27). The van der Waals surface area contributed by atoms with Gasteiger partial charge in [0.15, 0.2) is 0 Å². The molecule has 6 nitrogen and oxygen atoms in total. The summed E-state index contributed by atoms with van der Waals surface area (Å²) >= 11 is 0. The quantitative estimate of drug-likeness (QED) is 0.533. The Hall–Kier alpha value is -2.50. The molecule has 2 amide bonds. The summed E-state index contributed by atoms with van der Waals surface area (Å²) in [5, 5.41) is 5.63. The summed E-state index contributed by atoms with van der Waals surface area (Å²) in [6.45, 7) is 7.43. The molecule has 6 heteroatoms. The lowest BCUT2D eigenvalue weighted by Crippen LogP contribution is -2.24. The Morgan fingerprint density at radius 2 is 1.43 bits per heavy atom. The van der Waals surface area contributed by atoms with Gasteiger partial charge in [-0.15, -0.1) is 0 Å². The molecule has 1 rings (SSSR count). The van der Waals surface area contributed by atoms with Crippen LogP contribution in [0.1, 0.15) is 70.2 Å². The molecular formula is C22H32N2O4. The lowest BCUT2D eigenvalue weighted by atomic mass is 10.0. The second-order valence-electron chi connectivity index (χ2n) is 7.44. The summed E-state index contributed by atoms with van der Waals surface area (Å²) in [5.41, 5.74) is 1.15. The van der Waals surface area contributed by atoms with Crippen LogP contribution in [0.15, 0.2) is 24.3 Å². The van der Waals surface area contributed by atoms with Crippen LogP contribution in [-0.4, -0.2) is 29.9 Å². The van der Waals surface area contributed by atoms with Crippen molar-refractivity contribution < 1.29 is 19.2 Å². The van der Waals surface area contributed by atoms with Gasteiger partial charge in [0, 0.05) is 36.1 Å². The zero-order valence-corrected chi connectivity index (χ0v) is 17.3. The Kier molecular flexibility index (Phi) is 10.1. The molecule has 28 heavy (non-hydrogen) atoms. The van der Waals surface area contributed by atoms with Crippen molar-refractivity contribution >= 4 is 29.1 Å². The van der Waals surface area contributed by atoms with E-state index in [2.05, 4.69) is 10.6 Å². The van der Waals surface area contributed by atoms with Crippen LogP contribution in [0.25, 0.3) is 0 Å². The molecule has 0 aliphatic rings. The number of Topliss-reactive ketones (excluding diaryl/α,β-unsaturated/α-hetero) is 2. The van der Waals surface area contributed by atoms with Gasteiger partial charge in [0.05, 0.1) is 0 Å². The van der Waals surface area contributed by atoms with Crippen molar-refractivity contribution in [1.82, 2.24) is 5.32 Å². The van der Waals surface area contributed by atoms with E-state index in [1.54, 1.807) is 31.2 Å². The van der Waals surface area contributed by atoms with Gasteiger partial charge >= 0.3 is 0 Å². The van der Waals surface area contributed by atoms with Crippen LogP contribution in [0.3, 0.4) is 0 Å². The number of benzene rings is 1. The molecule has 0 saturated carbocycles. The van der Waals surface area contributed by atoms with Crippen molar-refractivity contribution in [2.75, 3.05) is 11.9 Å². The summed E-state index contributed by atoms with van der Waals surface area (Å²) in [4.78, 5) is 46.4. The van der Waals surface area contributed by atoms with Gasteiger partial charge in [-0.3, -0.25) is 19.2 Å². The molecule has 0 radical (unpaired) electrons. The van der Waals surface area contributed by atoms with Crippen molar-refractivity contribution in [3.63, 3.8) is 0 Å². The molecule has 2 N–H and O–H groups in total. The van der Waals surface area contributed by atoms with Crippen LogP contribution >= 0.6 is 0 Å². The Balaban J connectivity index is 2.34. The van der Waals surface area contributed by atoms with Crippen molar-refractivity contribution in [2.24, 2.45) is 11.8 Å². The molecule has 0 spiro atoms. The number of hydrogen-bond acceptors (Lipinski definition) is 4. The molecular weight excluding hydrogens is 356 g/mol. The van der Waals surface area contributed by atoms with Gasteiger partial charge in [-0.05, 0) is 57.4 Å². The van der Waals surface area contributed by atoms with Gasteiger partial charge in [0.25, 0.3) is 5.91 Å². The first-order valence-corrected chi connectivity index (χ1v) is 9.89. The zero-order valence-electron chi connectivity index (χ0n) is 17.3. The van der Waals surface area contributed by atoms with Gasteiger partial charge in [0.2, 0.25) is 5.91 Å². The summed E-state index contributed by atoms with van der Waals surface area (Å²) in [5.74, 6) is -0.0781. The van der Waals surface area contributed by atoms with E-state index in [1.807, 2.05) is 13.8 Å². The number of anilines is 1. The van der Waals surface area contributed by atoms with Crippen LogP contribution in [-0.2, 0) is 14.4 Å². The van der Waals surface area contributed by atoms with Crippen molar-refractivity contribution in [1.29, 1.82) is 0 Å². The SMILES string of the molecule is CC(=O)C(C)CCCCNC(=O)c1ccc(NC(=O)CCC(C)C(C)=O)cc1. The van der Waals surface area contributed by atoms with Crippen LogP contribution in [0, 0.1) is 11.8 Å². The highest BCUT2D eigenvalue weighted by atomic mass is 16.2. The highest BCUT2D eigenvalue weighted by molar-refractivity contribution is 5.95. The van der Waals surface area contributed by atoms with E-state index in [1.165, 1.54) is 6.92 Å². The minimum absolute atomic E-state index is 0.0733. The summed E-state index contributed by atoms with van der Waals surface area (Å²) in [6, 6.07) is 6.72. The van der Waals surface area contributed by atoms with Gasteiger partial charge in [0.1, 0.15) is 11.6 Å². The van der Waals surface area contributed by atoms with Gasteiger partial charge in [-0.2, -0.15) is 0 Å². The van der Waals surface area contributed by atoms with E-state index < -0.39 is 0 Å². The number of amides is 2. The third-order valence-electron chi connectivity index (χ3n) is 4.97. The third-order valence-corrected chi connectivity index (χ3v) is 4.97. The molecule has 1 aromatic rings. The van der Waals surface area contributed by atoms with E-state index in [4.69, 9.17) is 0 Å². The molecule has 154 valence electrons. The third kappa shape index (κ3) is 8.93. The maximum atomic E-state index is 12.1. The normalized spacial score (nSPS) is 12.7. The Morgan fingerprint density at radius 3 is 2.00 bits per heavy atom. The number of ketones is 2. The summed E-state index contributed by atoms with van der Waals surface area (Å²) < 4.78 is 0. The van der Waals surface area contributed by atoms with Gasteiger partial charge in [-0.1, -0.05) is 20.3 Å². The number of unbranched alkanes of at least 4 members (excludes halogenated alkanes) is 1. The fourth-order valence-electron chi connectivity index (χ4n) is 2.56. The minimum Gasteiger partial charge on any atom is -0.352 e. The maximum Gasteiger partial charge on any atom is 0.251 e. The predicted octanol–water partition coefficient (Wildman–Crippen LogP) is 3.76. The van der Waals surface area contributed by atoms with E-state index in [0.717, 1.165) is 19.3 Å². The van der Waals surface area contributed by atoms with Crippen molar-refractivity contribution in [3.8, 4) is 0 Å². The Bertz CT molecular complexity index is 682. The molecule has 0 heterocycles. The predicted molar refractivity (Wildman–Crippen MR) is 110 cm³/mol. The van der Waals surface area contributed by atoms with Crippen LogP contribution in [0.5, 0.6) is 0 Å². The monoisotopic (exact) mass is 388 g/mol. The second-order valence-corrected chi connectivity index (χ2v) is 7.44.